The lowest BCUT2D eigenvalue weighted by molar-refractivity contribution is 0.151. The maximum atomic E-state index is 3.78. The SMILES string of the molecule is C1CNC2(CCN3CCCC3C2)SC1. The summed E-state index contributed by atoms with van der Waals surface area (Å²) in [5.74, 6) is 1.37. The molecule has 3 aliphatic rings. The maximum absolute atomic E-state index is 3.78. The van der Waals surface area contributed by atoms with Gasteiger partial charge in [0, 0.05) is 12.6 Å². The summed E-state index contributed by atoms with van der Waals surface area (Å²) < 4.78 is 0. The summed E-state index contributed by atoms with van der Waals surface area (Å²) in [6, 6.07) is 0.904. The van der Waals surface area contributed by atoms with E-state index >= 15 is 0 Å². The number of nitrogens with one attached hydrogen (secondary N) is 1. The van der Waals surface area contributed by atoms with Gasteiger partial charge in [-0.3, -0.25) is 0 Å². The third-order valence-electron chi connectivity index (χ3n) is 4.01. The van der Waals surface area contributed by atoms with Crippen molar-refractivity contribution in [3.8, 4) is 0 Å². The van der Waals surface area contributed by atoms with Crippen LogP contribution < -0.4 is 5.32 Å². The number of fused-ring (bicyclic) bond motifs is 1. The summed E-state index contributed by atoms with van der Waals surface area (Å²) in [5, 5.41) is 3.78. The molecule has 1 spiro atoms. The summed E-state index contributed by atoms with van der Waals surface area (Å²) in [4.78, 5) is 3.19. The molecule has 2 atom stereocenters. The largest absolute Gasteiger partial charge is 0.303 e. The van der Waals surface area contributed by atoms with Crippen molar-refractivity contribution in [1.29, 1.82) is 0 Å². The first-order valence-corrected chi connectivity index (χ1v) is 7.00. The van der Waals surface area contributed by atoms with E-state index in [9.17, 15) is 0 Å². The molecule has 0 aliphatic carbocycles. The number of rotatable bonds is 0. The van der Waals surface area contributed by atoms with Crippen LogP contribution in [0.3, 0.4) is 0 Å². The van der Waals surface area contributed by atoms with Crippen LogP contribution in [-0.4, -0.2) is 41.2 Å². The van der Waals surface area contributed by atoms with Gasteiger partial charge < -0.3 is 10.2 Å². The molecule has 0 bridgehead atoms. The first-order chi connectivity index (χ1) is 6.88. The first kappa shape index (κ1) is 9.49. The molecule has 14 heavy (non-hydrogen) atoms. The maximum Gasteiger partial charge on any atom is 0.0672 e. The predicted molar refractivity (Wildman–Crippen MR) is 61.6 cm³/mol. The van der Waals surface area contributed by atoms with Crippen LogP contribution >= 0.6 is 11.8 Å². The molecule has 1 N–H and O–H groups in total. The molecule has 80 valence electrons. The monoisotopic (exact) mass is 212 g/mol. The van der Waals surface area contributed by atoms with Crippen LogP contribution in [0.4, 0.5) is 0 Å². The lowest BCUT2D eigenvalue weighted by Gasteiger charge is -2.46. The predicted octanol–water partition coefficient (Wildman–Crippen LogP) is 1.67. The summed E-state index contributed by atoms with van der Waals surface area (Å²) in [5.41, 5.74) is 0. The Morgan fingerprint density at radius 3 is 3.14 bits per heavy atom. The van der Waals surface area contributed by atoms with E-state index in [-0.39, 0.29) is 0 Å². The third kappa shape index (κ3) is 1.59. The molecule has 0 amide bonds. The minimum Gasteiger partial charge on any atom is -0.303 e. The zero-order chi connectivity index (χ0) is 9.43. The van der Waals surface area contributed by atoms with E-state index in [1.54, 1.807) is 0 Å². The molecule has 3 heteroatoms. The first-order valence-electron chi connectivity index (χ1n) is 6.01. The van der Waals surface area contributed by atoms with Crippen LogP contribution in [-0.2, 0) is 0 Å². The zero-order valence-corrected chi connectivity index (χ0v) is 9.61. The number of piperidine rings is 1. The summed E-state index contributed by atoms with van der Waals surface area (Å²) >= 11 is 2.20. The van der Waals surface area contributed by atoms with E-state index in [0.717, 1.165) is 6.04 Å². The highest BCUT2D eigenvalue weighted by atomic mass is 32.2. The number of thioether (sulfide) groups is 1. The number of hydrogen-bond acceptors (Lipinski definition) is 3. The second-order valence-corrected chi connectivity index (χ2v) is 6.39. The van der Waals surface area contributed by atoms with Crippen LogP contribution in [0.5, 0.6) is 0 Å². The molecule has 0 aromatic carbocycles. The quantitative estimate of drug-likeness (QED) is 0.657. The number of hydrogen-bond donors (Lipinski definition) is 1. The van der Waals surface area contributed by atoms with Crippen LogP contribution in [0.25, 0.3) is 0 Å². The van der Waals surface area contributed by atoms with Gasteiger partial charge in [0.15, 0.2) is 0 Å². The van der Waals surface area contributed by atoms with Crippen molar-refractivity contribution >= 4 is 11.8 Å². The zero-order valence-electron chi connectivity index (χ0n) is 8.80. The van der Waals surface area contributed by atoms with Crippen molar-refractivity contribution in [3.63, 3.8) is 0 Å². The van der Waals surface area contributed by atoms with Gasteiger partial charge in [0.2, 0.25) is 0 Å². The smallest absolute Gasteiger partial charge is 0.0672 e. The lowest BCUT2D eigenvalue weighted by Crippen LogP contribution is -2.55. The van der Waals surface area contributed by atoms with Crippen molar-refractivity contribution in [3.05, 3.63) is 0 Å². The molecular formula is C11H20N2S. The fourth-order valence-electron chi connectivity index (χ4n) is 3.23. The topological polar surface area (TPSA) is 15.3 Å². The van der Waals surface area contributed by atoms with E-state index in [1.807, 2.05) is 0 Å². The molecule has 2 nitrogen and oxygen atoms in total. The average molecular weight is 212 g/mol. The van der Waals surface area contributed by atoms with Gasteiger partial charge in [0.25, 0.3) is 0 Å². The Balaban J connectivity index is 1.70. The highest BCUT2D eigenvalue weighted by Gasteiger charge is 2.42. The lowest BCUT2D eigenvalue weighted by atomic mass is 9.96. The molecule has 3 fully saturated rings. The van der Waals surface area contributed by atoms with E-state index in [1.165, 1.54) is 57.5 Å². The average Bonchev–Trinajstić information content (AvgIpc) is 2.66. The van der Waals surface area contributed by atoms with Gasteiger partial charge in [-0.05, 0) is 50.9 Å². The fraction of sp³-hybridized carbons (Fsp3) is 1.00. The Labute approximate surface area is 90.8 Å². The molecule has 3 saturated heterocycles. The number of nitrogens with zero attached hydrogens (tertiary/aromatic N) is 1. The highest BCUT2D eigenvalue weighted by Crippen LogP contribution is 2.41. The molecule has 0 aromatic heterocycles. The molecule has 3 rings (SSSR count). The fourth-order valence-corrected chi connectivity index (χ4v) is 4.66. The molecule has 3 aliphatic heterocycles. The Morgan fingerprint density at radius 1 is 1.29 bits per heavy atom. The van der Waals surface area contributed by atoms with Crippen molar-refractivity contribution in [1.82, 2.24) is 10.2 Å². The Kier molecular flexibility index (Phi) is 2.50. The van der Waals surface area contributed by atoms with Crippen LogP contribution in [0, 0.1) is 0 Å². The van der Waals surface area contributed by atoms with Gasteiger partial charge >= 0.3 is 0 Å². The molecule has 2 unspecified atom stereocenters. The second kappa shape index (κ2) is 3.69. The van der Waals surface area contributed by atoms with E-state index < -0.39 is 0 Å². The van der Waals surface area contributed by atoms with Crippen LogP contribution in [0.15, 0.2) is 0 Å². The summed E-state index contributed by atoms with van der Waals surface area (Å²) in [7, 11) is 0. The third-order valence-corrected chi connectivity index (χ3v) is 5.57. The van der Waals surface area contributed by atoms with Gasteiger partial charge in [0.05, 0.1) is 4.87 Å². The highest BCUT2D eigenvalue weighted by molar-refractivity contribution is 8.00. The normalized spacial score (nSPS) is 44.1. The van der Waals surface area contributed by atoms with Gasteiger partial charge in [-0.2, -0.15) is 0 Å². The molecule has 3 heterocycles. The Bertz CT molecular complexity index is 213. The van der Waals surface area contributed by atoms with Crippen molar-refractivity contribution in [2.24, 2.45) is 0 Å². The summed E-state index contributed by atoms with van der Waals surface area (Å²) in [6.45, 7) is 3.95. The molecule has 0 saturated carbocycles. The van der Waals surface area contributed by atoms with Crippen LogP contribution in [0.2, 0.25) is 0 Å². The van der Waals surface area contributed by atoms with Gasteiger partial charge in [-0.1, -0.05) is 0 Å². The van der Waals surface area contributed by atoms with Gasteiger partial charge in [0.1, 0.15) is 0 Å². The van der Waals surface area contributed by atoms with E-state index in [2.05, 4.69) is 22.0 Å². The molecule has 0 aromatic rings. The Hall–Kier alpha value is 0.270. The van der Waals surface area contributed by atoms with Crippen molar-refractivity contribution in [2.75, 3.05) is 25.4 Å². The summed E-state index contributed by atoms with van der Waals surface area (Å²) in [6.07, 6.45) is 7.02. The van der Waals surface area contributed by atoms with Crippen molar-refractivity contribution < 1.29 is 0 Å². The van der Waals surface area contributed by atoms with Crippen LogP contribution in [0.1, 0.15) is 32.1 Å². The minimum atomic E-state index is 0.476. The van der Waals surface area contributed by atoms with Crippen molar-refractivity contribution in [2.45, 2.75) is 43.0 Å². The standard InChI is InChI=1S/C11H20N2S/c1-3-10-9-11(4-7-13(10)6-1)12-5-2-8-14-11/h10,12H,1-9H2. The second-order valence-electron chi connectivity index (χ2n) is 4.91. The molecular weight excluding hydrogens is 192 g/mol. The van der Waals surface area contributed by atoms with E-state index in [4.69, 9.17) is 0 Å². The molecule has 0 radical (unpaired) electrons. The minimum absolute atomic E-state index is 0.476. The van der Waals surface area contributed by atoms with E-state index in [0.29, 0.717) is 4.87 Å². The van der Waals surface area contributed by atoms with Gasteiger partial charge in [-0.25, -0.2) is 0 Å². The Morgan fingerprint density at radius 2 is 2.29 bits per heavy atom. The van der Waals surface area contributed by atoms with Gasteiger partial charge in [-0.15, -0.1) is 11.8 Å².